The first-order valence-electron chi connectivity index (χ1n) is 6.69. The van der Waals surface area contributed by atoms with E-state index in [0.29, 0.717) is 11.9 Å². The van der Waals surface area contributed by atoms with Gasteiger partial charge in [0.2, 0.25) is 5.91 Å². The minimum absolute atomic E-state index is 0. The molecule has 0 aromatic heterocycles. The van der Waals surface area contributed by atoms with Crippen molar-refractivity contribution >= 4 is 18.3 Å². The van der Waals surface area contributed by atoms with Gasteiger partial charge in [0, 0.05) is 26.2 Å². The third kappa shape index (κ3) is 3.35. The summed E-state index contributed by atoms with van der Waals surface area (Å²) in [7, 11) is 2.00. The average Bonchev–Trinajstić information content (AvgIpc) is 2.26. The molecule has 1 amide bonds. The van der Waals surface area contributed by atoms with Crippen LogP contribution in [-0.2, 0) is 4.79 Å². The molecular weight excluding hydrogens is 236 g/mol. The van der Waals surface area contributed by atoms with Crippen molar-refractivity contribution < 1.29 is 4.79 Å². The topological polar surface area (TPSA) is 32.3 Å². The molecule has 3 nitrogen and oxygen atoms in total. The lowest BCUT2D eigenvalue weighted by Crippen LogP contribution is -2.53. The fraction of sp³-hybridized carbons (Fsp3) is 0.923. The molecule has 1 aliphatic heterocycles. The number of hydrogen-bond acceptors (Lipinski definition) is 2. The molecule has 0 bridgehead atoms. The Hall–Kier alpha value is -0.280. The second kappa shape index (κ2) is 6.60. The van der Waals surface area contributed by atoms with Crippen LogP contribution in [0.1, 0.15) is 39.0 Å². The minimum Gasteiger partial charge on any atom is -0.342 e. The van der Waals surface area contributed by atoms with Crippen molar-refractivity contribution in [2.75, 3.05) is 20.1 Å². The van der Waals surface area contributed by atoms with Crippen LogP contribution in [0.15, 0.2) is 0 Å². The average molecular weight is 261 g/mol. The highest BCUT2D eigenvalue weighted by atomic mass is 35.5. The van der Waals surface area contributed by atoms with Crippen LogP contribution >= 0.6 is 12.4 Å². The second-order valence-electron chi connectivity index (χ2n) is 5.39. The predicted octanol–water partition coefficient (Wildman–Crippen LogP) is 2.05. The third-order valence-corrected chi connectivity index (χ3v) is 4.42. The molecule has 100 valence electrons. The first-order chi connectivity index (χ1) is 7.72. The summed E-state index contributed by atoms with van der Waals surface area (Å²) in [5.74, 6) is 1.53. The van der Waals surface area contributed by atoms with Crippen LogP contribution in [0.3, 0.4) is 0 Å². The fourth-order valence-corrected chi connectivity index (χ4v) is 2.87. The van der Waals surface area contributed by atoms with Gasteiger partial charge in [-0.15, -0.1) is 12.4 Å². The van der Waals surface area contributed by atoms with Gasteiger partial charge in [0.25, 0.3) is 0 Å². The standard InChI is InChI=1S/C13H24N2O.ClH/c1-3-10-4-6-12(7-5-10)15(2)13(16)11-8-14-9-11;/h10-12,14H,3-9H2,1-2H3;1H. The molecule has 2 rings (SSSR count). The molecule has 2 aliphatic rings. The zero-order valence-corrected chi connectivity index (χ0v) is 11.8. The Morgan fingerprint density at radius 3 is 2.24 bits per heavy atom. The van der Waals surface area contributed by atoms with E-state index in [2.05, 4.69) is 12.2 Å². The van der Waals surface area contributed by atoms with Crippen LogP contribution in [0.5, 0.6) is 0 Å². The Morgan fingerprint density at radius 1 is 1.24 bits per heavy atom. The summed E-state index contributed by atoms with van der Waals surface area (Å²) in [5.41, 5.74) is 0. The molecule has 0 unspecified atom stereocenters. The Labute approximate surface area is 111 Å². The Morgan fingerprint density at radius 2 is 1.82 bits per heavy atom. The first kappa shape index (κ1) is 14.8. The predicted molar refractivity (Wildman–Crippen MR) is 72.4 cm³/mol. The van der Waals surface area contributed by atoms with E-state index in [9.17, 15) is 4.79 Å². The number of nitrogens with zero attached hydrogens (tertiary/aromatic N) is 1. The van der Waals surface area contributed by atoms with E-state index in [1.807, 2.05) is 11.9 Å². The number of amides is 1. The van der Waals surface area contributed by atoms with Crippen molar-refractivity contribution in [1.82, 2.24) is 10.2 Å². The van der Waals surface area contributed by atoms with Crippen LogP contribution in [0, 0.1) is 11.8 Å². The van der Waals surface area contributed by atoms with Crippen molar-refractivity contribution in [3.05, 3.63) is 0 Å². The van der Waals surface area contributed by atoms with Gasteiger partial charge < -0.3 is 10.2 Å². The SMILES string of the molecule is CCC1CCC(N(C)C(=O)C2CNC2)CC1.Cl. The summed E-state index contributed by atoms with van der Waals surface area (Å²) in [6.45, 7) is 4.04. The van der Waals surface area contributed by atoms with Gasteiger partial charge in [-0.05, 0) is 31.6 Å². The number of carbonyl (C=O) groups excluding carboxylic acids is 1. The van der Waals surface area contributed by atoms with Crippen molar-refractivity contribution in [2.24, 2.45) is 11.8 Å². The van der Waals surface area contributed by atoms with Gasteiger partial charge in [0.15, 0.2) is 0 Å². The van der Waals surface area contributed by atoms with E-state index in [1.54, 1.807) is 0 Å². The van der Waals surface area contributed by atoms with Crippen LogP contribution in [0.2, 0.25) is 0 Å². The normalized spacial score (nSPS) is 29.1. The van der Waals surface area contributed by atoms with E-state index < -0.39 is 0 Å². The molecule has 17 heavy (non-hydrogen) atoms. The van der Waals surface area contributed by atoms with Gasteiger partial charge in [0.05, 0.1) is 5.92 Å². The number of rotatable bonds is 3. The number of halogens is 1. The molecule has 1 saturated carbocycles. The maximum atomic E-state index is 12.1. The molecule has 0 atom stereocenters. The zero-order chi connectivity index (χ0) is 11.5. The van der Waals surface area contributed by atoms with Crippen LogP contribution in [-0.4, -0.2) is 37.0 Å². The van der Waals surface area contributed by atoms with E-state index in [4.69, 9.17) is 0 Å². The number of hydrogen-bond donors (Lipinski definition) is 1. The van der Waals surface area contributed by atoms with E-state index in [1.165, 1.54) is 32.1 Å². The quantitative estimate of drug-likeness (QED) is 0.843. The fourth-order valence-electron chi connectivity index (χ4n) is 2.87. The van der Waals surface area contributed by atoms with Gasteiger partial charge in [-0.25, -0.2) is 0 Å². The number of carbonyl (C=O) groups is 1. The van der Waals surface area contributed by atoms with E-state index >= 15 is 0 Å². The third-order valence-electron chi connectivity index (χ3n) is 4.42. The smallest absolute Gasteiger partial charge is 0.228 e. The van der Waals surface area contributed by atoms with Gasteiger partial charge in [-0.2, -0.15) is 0 Å². The summed E-state index contributed by atoms with van der Waals surface area (Å²) in [6.07, 6.45) is 6.34. The second-order valence-corrected chi connectivity index (χ2v) is 5.39. The molecule has 1 saturated heterocycles. The summed E-state index contributed by atoms with van der Waals surface area (Å²) in [5, 5.41) is 3.17. The van der Waals surface area contributed by atoms with E-state index in [-0.39, 0.29) is 18.3 Å². The van der Waals surface area contributed by atoms with Gasteiger partial charge in [-0.3, -0.25) is 4.79 Å². The largest absolute Gasteiger partial charge is 0.342 e. The molecule has 1 heterocycles. The lowest BCUT2D eigenvalue weighted by Gasteiger charge is -2.38. The first-order valence-corrected chi connectivity index (χ1v) is 6.69. The number of nitrogens with one attached hydrogen (secondary N) is 1. The highest BCUT2D eigenvalue weighted by Gasteiger charge is 2.32. The van der Waals surface area contributed by atoms with Crippen molar-refractivity contribution in [1.29, 1.82) is 0 Å². The highest BCUT2D eigenvalue weighted by Crippen LogP contribution is 2.29. The highest BCUT2D eigenvalue weighted by molar-refractivity contribution is 5.85. The van der Waals surface area contributed by atoms with E-state index in [0.717, 1.165) is 19.0 Å². The lowest BCUT2D eigenvalue weighted by atomic mass is 9.83. The maximum Gasteiger partial charge on any atom is 0.228 e. The van der Waals surface area contributed by atoms with Gasteiger partial charge in [-0.1, -0.05) is 13.3 Å². The molecule has 0 aromatic carbocycles. The Balaban J connectivity index is 0.00000144. The van der Waals surface area contributed by atoms with Crippen LogP contribution in [0.25, 0.3) is 0 Å². The van der Waals surface area contributed by atoms with Crippen LogP contribution < -0.4 is 5.32 Å². The molecule has 2 fully saturated rings. The summed E-state index contributed by atoms with van der Waals surface area (Å²) in [4.78, 5) is 14.1. The summed E-state index contributed by atoms with van der Waals surface area (Å²) in [6, 6.07) is 0.510. The summed E-state index contributed by atoms with van der Waals surface area (Å²) >= 11 is 0. The van der Waals surface area contributed by atoms with Crippen LogP contribution in [0.4, 0.5) is 0 Å². The Kier molecular flexibility index (Phi) is 5.74. The van der Waals surface area contributed by atoms with Crippen molar-refractivity contribution in [3.8, 4) is 0 Å². The molecule has 1 aliphatic carbocycles. The minimum atomic E-state index is 0. The maximum absolute atomic E-state index is 12.1. The van der Waals surface area contributed by atoms with Crippen molar-refractivity contribution in [3.63, 3.8) is 0 Å². The van der Waals surface area contributed by atoms with Gasteiger partial charge >= 0.3 is 0 Å². The molecule has 0 radical (unpaired) electrons. The Bertz CT molecular complexity index is 248. The monoisotopic (exact) mass is 260 g/mol. The molecular formula is C13H25ClN2O. The van der Waals surface area contributed by atoms with Gasteiger partial charge in [0.1, 0.15) is 0 Å². The summed E-state index contributed by atoms with van der Waals surface area (Å²) < 4.78 is 0. The molecule has 1 N–H and O–H groups in total. The zero-order valence-electron chi connectivity index (χ0n) is 10.9. The lowest BCUT2D eigenvalue weighted by molar-refractivity contribution is -0.138. The van der Waals surface area contributed by atoms with Crippen molar-refractivity contribution in [2.45, 2.75) is 45.1 Å². The molecule has 0 aromatic rings. The molecule has 4 heteroatoms. The molecule has 0 spiro atoms.